The zero-order valence-electron chi connectivity index (χ0n) is 15.4. The number of ether oxygens (including phenoxy) is 2. The summed E-state index contributed by atoms with van der Waals surface area (Å²) in [7, 11) is 2.62. The van der Waals surface area contributed by atoms with Gasteiger partial charge in [-0.1, -0.05) is 6.58 Å². The van der Waals surface area contributed by atoms with Crippen LogP contribution in [0.1, 0.15) is 19.3 Å². The van der Waals surface area contributed by atoms with Crippen molar-refractivity contribution in [3.8, 4) is 0 Å². The Kier molecular flexibility index (Phi) is 38.0. The maximum atomic E-state index is 11.6. The smallest absolute Gasteiger partial charge is 0.409 e. The Labute approximate surface area is 216 Å². The summed E-state index contributed by atoms with van der Waals surface area (Å²) < 4.78 is 75.4. The van der Waals surface area contributed by atoms with E-state index >= 15 is 0 Å². The first-order valence-corrected chi connectivity index (χ1v) is 15.1. The van der Waals surface area contributed by atoms with Gasteiger partial charge in [-0.15, -0.1) is 24.0 Å². The molecule has 0 aliphatic rings. The van der Waals surface area contributed by atoms with Crippen molar-refractivity contribution in [2.45, 2.75) is 31.6 Å². The first-order chi connectivity index (χ1) is 12.8. The topological polar surface area (TPSA) is 52.6 Å². The van der Waals surface area contributed by atoms with E-state index in [1.54, 1.807) is 0 Å². The van der Waals surface area contributed by atoms with Crippen molar-refractivity contribution in [2.75, 3.05) is 31.5 Å². The summed E-state index contributed by atoms with van der Waals surface area (Å²) in [6.07, 6.45) is -8.59. The first kappa shape index (κ1) is 40.5. The predicted octanol–water partition coefficient (Wildman–Crippen LogP) is 6.84. The Morgan fingerprint density at radius 2 is 1.38 bits per heavy atom. The van der Waals surface area contributed by atoms with Crippen LogP contribution >= 0.6 is 85.6 Å². The number of esters is 2. The second-order valence-corrected chi connectivity index (χ2v) is 5.77. The molecule has 0 saturated carbocycles. The third-order valence-electron chi connectivity index (χ3n) is 1.98. The highest BCUT2D eigenvalue weighted by molar-refractivity contribution is 15.0. The average Bonchev–Trinajstić information content (AvgIpc) is 2.62. The van der Waals surface area contributed by atoms with Crippen molar-refractivity contribution in [2.24, 2.45) is 0 Å². The summed E-state index contributed by atoms with van der Waals surface area (Å²) in [6, 6.07) is 0. The number of rotatable bonds is 7. The van der Waals surface area contributed by atoms with Gasteiger partial charge in [0.2, 0.25) is 0 Å². The number of hydrogen-bond acceptors (Lipinski definition) is 6. The van der Waals surface area contributed by atoms with Crippen LogP contribution in [0.4, 0.5) is 26.3 Å². The normalized spacial score (nSPS) is 9.62. The lowest BCUT2D eigenvalue weighted by Gasteiger charge is -2.04. The Hall–Kier alpha value is 1.15. The fourth-order valence-electron chi connectivity index (χ4n) is 0.741. The molecule has 0 aromatic carbocycles. The summed E-state index contributed by atoms with van der Waals surface area (Å²) in [4.78, 5) is 20.7. The molecule has 0 rings (SSSR count). The third-order valence-corrected chi connectivity index (χ3v) is 3.19. The van der Waals surface area contributed by atoms with Gasteiger partial charge in [0.25, 0.3) is 0 Å². The molecule has 0 spiro atoms. The zero-order chi connectivity index (χ0) is 23.2. The second-order valence-electron chi connectivity index (χ2n) is 4.10. The van der Waals surface area contributed by atoms with Gasteiger partial charge in [0, 0.05) is 60.6 Å². The van der Waals surface area contributed by atoms with Crippen molar-refractivity contribution in [1.29, 1.82) is 0 Å². The number of allylic oxidation sites excluding steroid dienone is 1. The van der Waals surface area contributed by atoms with Gasteiger partial charge in [0.05, 0.1) is 33.5 Å². The summed E-state index contributed by atoms with van der Waals surface area (Å²) in [5.74, 6) is 0.352. The van der Waals surface area contributed by atoms with Crippen LogP contribution in [0.3, 0.4) is 0 Å². The maximum Gasteiger partial charge on any atom is 0.409 e. The summed E-state index contributed by atoms with van der Waals surface area (Å²) in [5, 5.41) is 0. The van der Waals surface area contributed by atoms with Gasteiger partial charge in [-0.3, -0.25) is 9.59 Å². The van der Waals surface area contributed by atoms with Gasteiger partial charge in [-0.05, 0) is 0 Å². The van der Waals surface area contributed by atoms with Crippen LogP contribution in [0.2, 0.25) is 0 Å². The van der Waals surface area contributed by atoms with Gasteiger partial charge in [0.1, 0.15) is 0 Å². The fourth-order valence-corrected chi connectivity index (χ4v) is 1.81. The van der Waals surface area contributed by atoms with Crippen LogP contribution in [0.25, 0.3) is 0 Å². The van der Waals surface area contributed by atoms with Crippen molar-refractivity contribution >= 4 is 97.5 Å². The molecule has 4 nitrogen and oxygen atoms in total. The third kappa shape index (κ3) is 52.9. The van der Waals surface area contributed by atoms with Crippen molar-refractivity contribution in [3.05, 3.63) is 12.7 Å². The van der Waals surface area contributed by atoms with E-state index in [-0.39, 0.29) is 54.2 Å². The van der Waals surface area contributed by atoms with Crippen molar-refractivity contribution < 1.29 is 45.4 Å². The van der Waals surface area contributed by atoms with Gasteiger partial charge >= 0.3 is 24.3 Å². The number of carbonyl (C=O) groups is 2. The van der Waals surface area contributed by atoms with Gasteiger partial charge < -0.3 is 9.47 Å². The first-order valence-electron chi connectivity index (χ1n) is 7.06. The minimum Gasteiger partial charge on any atom is -0.469 e. The number of hydrogen-bond donors (Lipinski definition) is 1. The number of thiol groups is 1. The quantitative estimate of drug-likeness (QED) is 0.0763. The molecular formula is C14H23F6I3O4S2. The molecule has 0 unspecified atom stereocenters. The zero-order valence-corrected chi connectivity index (χ0v) is 23.8. The van der Waals surface area contributed by atoms with E-state index in [0.717, 1.165) is 11.8 Å². The minimum atomic E-state index is -4.19. The molecule has 0 bridgehead atoms. The van der Waals surface area contributed by atoms with Crippen LogP contribution in [0.5, 0.6) is 0 Å². The second kappa shape index (κ2) is 27.2. The number of carbonyl (C=O) groups excluding carboxylic acids is 2. The Bertz CT molecular complexity index is 401. The highest BCUT2D eigenvalue weighted by Crippen LogP contribution is 2.22. The van der Waals surface area contributed by atoms with Crippen molar-refractivity contribution in [1.82, 2.24) is 0 Å². The molecule has 0 saturated heterocycles. The number of methoxy groups -OCH3 is 2. The molecule has 0 radical (unpaired) electrons. The Balaban J connectivity index is -0.000000102. The van der Waals surface area contributed by atoms with E-state index in [1.807, 2.05) is 0 Å². The molecule has 0 N–H and O–H groups in total. The van der Waals surface area contributed by atoms with Crippen LogP contribution < -0.4 is 0 Å². The number of thioether (sulfide) groups is 1. The molecule has 0 amide bonds. The van der Waals surface area contributed by atoms with E-state index < -0.39 is 18.8 Å². The highest BCUT2D eigenvalue weighted by Gasteiger charge is 2.26. The molecule has 0 aromatic rings. The van der Waals surface area contributed by atoms with E-state index in [9.17, 15) is 35.9 Å². The van der Waals surface area contributed by atoms with Crippen LogP contribution in [-0.4, -0.2) is 55.8 Å². The lowest BCUT2D eigenvalue weighted by Crippen LogP contribution is -2.09. The van der Waals surface area contributed by atoms with Crippen LogP contribution in [-0.2, 0) is 19.1 Å². The molecule has 178 valence electrons. The minimum absolute atomic E-state index is 0. The molecular weight excluding hydrogens is 791 g/mol. The highest BCUT2D eigenvalue weighted by atomic mass is 128. The Morgan fingerprint density at radius 3 is 1.62 bits per heavy atom. The molecule has 15 heteroatoms. The van der Waals surface area contributed by atoms with E-state index in [0.29, 0.717) is 17.9 Å². The molecule has 0 aliphatic carbocycles. The summed E-state index contributed by atoms with van der Waals surface area (Å²) >= 11 is 9.16. The monoisotopic (exact) mass is 814 g/mol. The summed E-state index contributed by atoms with van der Waals surface area (Å²) in [5.41, 5.74) is 0. The molecule has 0 aromatic heterocycles. The lowest BCUT2D eigenvalue weighted by molar-refractivity contribution is -0.141. The predicted molar refractivity (Wildman–Crippen MR) is 135 cm³/mol. The molecule has 0 heterocycles. The fraction of sp³-hybridized carbons (Fsp3) is 0.714. The molecule has 0 atom stereocenters. The summed E-state index contributed by atoms with van der Waals surface area (Å²) in [6.45, 7) is 2.51. The largest absolute Gasteiger partial charge is 0.469 e. The molecule has 29 heavy (non-hydrogen) atoms. The Morgan fingerprint density at radius 1 is 1.00 bits per heavy atom. The van der Waals surface area contributed by atoms with E-state index in [4.69, 9.17) is 0 Å². The van der Waals surface area contributed by atoms with Gasteiger partial charge in [-0.25, -0.2) is 0 Å². The van der Waals surface area contributed by atoms with E-state index in [1.165, 1.54) is 14.2 Å². The SMILES string of the molecule is C=CC(F)(F)F.COC(=O)CCS.COC(=O)CCSCCC(F)(F)F.I.II. The maximum absolute atomic E-state index is 11.6. The lowest BCUT2D eigenvalue weighted by atomic mass is 10.5. The molecule has 0 aliphatic heterocycles. The van der Waals surface area contributed by atoms with E-state index in [2.05, 4.69) is 65.9 Å². The van der Waals surface area contributed by atoms with Crippen molar-refractivity contribution in [3.63, 3.8) is 0 Å². The van der Waals surface area contributed by atoms with Gasteiger partial charge in [-0.2, -0.15) is 50.7 Å². The average molecular weight is 814 g/mol. The standard InChI is InChI=1S/C7H11F3O2S.C4H8O2S.C3H3F3.I2.HI/c1-12-6(11)2-4-13-5-3-7(8,9)10;1-6-4(5)2-3-7;1-2-3(4,5)6;1-2;/h2-5H2,1H3;7H,2-3H2,1H3;2H,1H2;;1H. The van der Waals surface area contributed by atoms with Crippen LogP contribution in [0, 0.1) is 0 Å². The number of halogens is 9. The van der Waals surface area contributed by atoms with Gasteiger partial charge in [0.15, 0.2) is 0 Å². The molecule has 0 fully saturated rings. The number of alkyl halides is 6. The van der Waals surface area contributed by atoms with Crippen LogP contribution in [0.15, 0.2) is 12.7 Å².